The summed E-state index contributed by atoms with van der Waals surface area (Å²) in [4.78, 5) is 12.4. The molecule has 1 aliphatic rings. The van der Waals surface area contributed by atoms with Gasteiger partial charge in [-0.3, -0.25) is 15.6 Å². The Balaban J connectivity index is 1.60. The number of aliphatic hydroxyl groups excluding tert-OH is 3. The molecule has 2 aromatic rings. The highest BCUT2D eigenvalue weighted by Crippen LogP contribution is 2.20. The van der Waals surface area contributed by atoms with Crippen LogP contribution in [0.2, 0.25) is 0 Å². The Hall–Kier alpha value is -2.69. The van der Waals surface area contributed by atoms with Crippen LogP contribution in [-0.2, 0) is 9.53 Å². The Labute approximate surface area is 155 Å². The van der Waals surface area contributed by atoms with Crippen LogP contribution in [0, 0.1) is 0 Å². The van der Waals surface area contributed by atoms with E-state index in [1.54, 1.807) is 36.4 Å². The molecule has 5 atom stereocenters. The summed E-state index contributed by atoms with van der Waals surface area (Å²) in [6.07, 6.45) is -7.12. The molecule has 0 spiro atoms. The van der Waals surface area contributed by atoms with Crippen molar-refractivity contribution in [2.75, 3.05) is 10.9 Å². The van der Waals surface area contributed by atoms with Crippen molar-refractivity contribution >= 4 is 17.3 Å². The Morgan fingerprint density at radius 1 is 0.778 bits per heavy atom. The van der Waals surface area contributed by atoms with Gasteiger partial charge in [0.1, 0.15) is 18.3 Å². The molecule has 0 bridgehead atoms. The normalized spacial score (nSPS) is 27.6. The van der Waals surface area contributed by atoms with Crippen LogP contribution in [0.15, 0.2) is 60.7 Å². The zero-order valence-electron chi connectivity index (χ0n) is 14.3. The molecule has 9 heteroatoms. The Kier molecular flexibility index (Phi) is 6.22. The summed E-state index contributed by atoms with van der Waals surface area (Å²) in [5, 5.41) is 30.3. The zero-order chi connectivity index (χ0) is 19.2. The Bertz CT molecular complexity index is 733. The number of carbonyl (C=O) groups excluding carboxylic acids is 1. The molecule has 3 rings (SSSR count). The van der Waals surface area contributed by atoms with Crippen LogP contribution in [0.25, 0.3) is 0 Å². The summed E-state index contributed by atoms with van der Waals surface area (Å²) in [6, 6.07) is 17.9. The van der Waals surface area contributed by atoms with E-state index in [0.29, 0.717) is 11.4 Å². The van der Waals surface area contributed by atoms with Gasteiger partial charge in [0.25, 0.3) is 5.91 Å². The minimum Gasteiger partial charge on any atom is -0.387 e. The molecule has 1 heterocycles. The molecule has 1 saturated heterocycles. The van der Waals surface area contributed by atoms with Crippen molar-refractivity contribution in [3.05, 3.63) is 60.7 Å². The van der Waals surface area contributed by atoms with Gasteiger partial charge >= 0.3 is 0 Å². The number of anilines is 2. The summed E-state index contributed by atoms with van der Waals surface area (Å²) in [6.45, 7) is 0. The van der Waals surface area contributed by atoms with Crippen LogP contribution in [0.5, 0.6) is 0 Å². The van der Waals surface area contributed by atoms with Crippen LogP contribution in [0.1, 0.15) is 0 Å². The number of carbonyl (C=O) groups is 1. The maximum atomic E-state index is 12.4. The van der Waals surface area contributed by atoms with Gasteiger partial charge in [0.05, 0.1) is 5.69 Å². The van der Waals surface area contributed by atoms with Crippen LogP contribution in [0.4, 0.5) is 11.4 Å². The first-order valence-electron chi connectivity index (χ1n) is 8.43. The summed E-state index contributed by atoms with van der Waals surface area (Å²) >= 11 is 0. The third-order valence-corrected chi connectivity index (χ3v) is 4.11. The molecule has 1 fully saturated rings. The number of aliphatic hydroxyl groups is 3. The molecule has 1 aliphatic heterocycles. The SMILES string of the molecule is O=C(NNc1ccccc1)[C@@H]1O[C@H](NNc2ccccc2)[C@@H](O)[C@H](O)[C@@H]1O. The van der Waals surface area contributed by atoms with Crippen molar-refractivity contribution in [2.45, 2.75) is 30.6 Å². The van der Waals surface area contributed by atoms with Gasteiger partial charge in [-0.05, 0) is 24.3 Å². The fourth-order valence-electron chi connectivity index (χ4n) is 2.62. The highest BCUT2D eigenvalue weighted by atomic mass is 16.6. The van der Waals surface area contributed by atoms with Gasteiger partial charge in [0.15, 0.2) is 12.3 Å². The van der Waals surface area contributed by atoms with Crippen LogP contribution in [0.3, 0.4) is 0 Å². The van der Waals surface area contributed by atoms with Gasteiger partial charge in [0.2, 0.25) is 0 Å². The number of hydrogen-bond acceptors (Lipinski definition) is 8. The lowest BCUT2D eigenvalue weighted by atomic mass is 9.98. The van der Waals surface area contributed by atoms with E-state index in [2.05, 4.69) is 21.7 Å². The van der Waals surface area contributed by atoms with Crippen LogP contribution < -0.4 is 21.7 Å². The highest BCUT2D eigenvalue weighted by Gasteiger charge is 2.46. The quantitative estimate of drug-likeness (QED) is 0.338. The van der Waals surface area contributed by atoms with Crippen molar-refractivity contribution in [2.24, 2.45) is 0 Å². The average Bonchev–Trinajstić information content (AvgIpc) is 2.71. The number of amides is 1. The standard InChI is InChI=1S/C18H22N4O5/c23-13-14(24)16(17(26)21-19-11-7-3-1-4-8-11)27-18(15(13)25)22-20-12-9-5-2-6-10-12/h1-10,13-16,18-20,22-25H,(H,21,26)/t13-,14+,15+,16-,18+/m1/s1. The van der Waals surface area contributed by atoms with Gasteiger partial charge in [-0.2, -0.15) is 0 Å². The largest absolute Gasteiger partial charge is 0.387 e. The topological polar surface area (TPSA) is 135 Å². The minimum atomic E-state index is -1.59. The smallest absolute Gasteiger partial charge is 0.270 e. The van der Waals surface area contributed by atoms with E-state index in [1.807, 2.05) is 24.3 Å². The lowest BCUT2D eigenvalue weighted by molar-refractivity contribution is -0.225. The molecule has 2 aromatic carbocycles. The predicted octanol–water partition coefficient (Wildman–Crippen LogP) is -0.446. The van der Waals surface area contributed by atoms with Crippen LogP contribution in [-0.4, -0.2) is 51.9 Å². The molecule has 144 valence electrons. The van der Waals surface area contributed by atoms with Crippen molar-refractivity contribution in [3.63, 3.8) is 0 Å². The second-order valence-corrected chi connectivity index (χ2v) is 6.06. The number of para-hydroxylation sites is 2. The summed E-state index contributed by atoms with van der Waals surface area (Å²) in [7, 11) is 0. The third kappa shape index (κ3) is 4.73. The first-order chi connectivity index (χ1) is 13.1. The Morgan fingerprint density at radius 3 is 1.93 bits per heavy atom. The molecular weight excluding hydrogens is 352 g/mol. The van der Waals surface area contributed by atoms with Gasteiger partial charge < -0.3 is 25.5 Å². The molecule has 1 amide bonds. The second-order valence-electron chi connectivity index (χ2n) is 6.06. The Morgan fingerprint density at radius 2 is 1.33 bits per heavy atom. The maximum Gasteiger partial charge on any atom is 0.270 e. The minimum absolute atomic E-state index is 0.636. The lowest BCUT2D eigenvalue weighted by Gasteiger charge is -2.40. The molecule has 27 heavy (non-hydrogen) atoms. The lowest BCUT2D eigenvalue weighted by Crippen LogP contribution is -2.65. The number of ether oxygens (including phenoxy) is 1. The number of rotatable bonds is 6. The monoisotopic (exact) mass is 374 g/mol. The summed E-state index contributed by atoms with van der Waals surface area (Å²) in [5.74, 6) is -0.691. The molecule has 0 aliphatic carbocycles. The summed E-state index contributed by atoms with van der Waals surface area (Å²) < 4.78 is 5.47. The summed E-state index contributed by atoms with van der Waals surface area (Å²) in [5.41, 5.74) is 12.0. The molecule has 0 radical (unpaired) electrons. The predicted molar refractivity (Wildman–Crippen MR) is 98.1 cm³/mol. The van der Waals surface area contributed by atoms with E-state index in [4.69, 9.17) is 4.74 Å². The van der Waals surface area contributed by atoms with Gasteiger partial charge in [-0.15, -0.1) is 0 Å². The molecule has 0 unspecified atom stereocenters. The number of benzene rings is 2. The van der Waals surface area contributed by atoms with Crippen molar-refractivity contribution in [1.29, 1.82) is 0 Å². The van der Waals surface area contributed by atoms with Gasteiger partial charge in [0, 0.05) is 5.69 Å². The fraction of sp³-hybridized carbons (Fsp3) is 0.278. The zero-order valence-corrected chi connectivity index (χ0v) is 14.3. The third-order valence-electron chi connectivity index (χ3n) is 4.11. The van der Waals surface area contributed by atoms with Gasteiger partial charge in [-0.25, -0.2) is 5.43 Å². The number of hydrazine groups is 2. The van der Waals surface area contributed by atoms with E-state index in [9.17, 15) is 20.1 Å². The van der Waals surface area contributed by atoms with Gasteiger partial charge in [-0.1, -0.05) is 36.4 Å². The van der Waals surface area contributed by atoms with Crippen LogP contribution >= 0.6 is 0 Å². The number of nitrogens with one attached hydrogen (secondary N) is 4. The average molecular weight is 374 g/mol. The molecule has 7 N–H and O–H groups in total. The van der Waals surface area contributed by atoms with Crippen molar-refractivity contribution in [3.8, 4) is 0 Å². The highest BCUT2D eigenvalue weighted by molar-refractivity contribution is 5.82. The van der Waals surface area contributed by atoms with E-state index in [0.717, 1.165) is 0 Å². The first-order valence-corrected chi connectivity index (χ1v) is 8.43. The first kappa shape index (κ1) is 19.1. The van der Waals surface area contributed by atoms with E-state index in [-0.39, 0.29) is 0 Å². The second kappa shape index (κ2) is 8.80. The molecule has 0 aromatic heterocycles. The molecule has 9 nitrogen and oxygen atoms in total. The number of hydrogen-bond donors (Lipinski definition) is 7. The maximum absolute atomic E-state index is 12.4. The van der Waals surface area contributed by atoms with E-state index < -0.39 is 36.6 Å². The fourth-order valence-corrected chi connectivity index (χ4v) is 2.62. The molecular formula is C18H22N4O5. The van der Waals surface area contributed by atoms with E-state index in [1.165, 1.54) is 0 Å². The van der Waals surface area contributed by atoms with Crippen molar-refractivity contribution in [1.82, 2.24) is 10.9 Å². The molecule has 0 saturated carbocycles. The van der Waals surface area contributed by atoms with Crippen molar-refractivity contribution < 1.29 is 24.9 Å². The van der Waals surface area contributed by atoms with E-state index >= 15 is 0 Å².